The lowest BCUT2D eigenvalue weighted by Gasteiger charge is -2.14. The second-order valence-electron chi connectivity index (χ2n) is 7.36. The SMILES string of the molecule is CC(Sc1nnc(CCC(N)=O)n1C)c1nc2cc(Cl)ccc2n1Cc1ccccc1. The van der Waals surface area contributed by atoms with E-state index < -0.39 is 0 Å². The predicted octanol–water partition coefficient (Wildman–Crippen LogP) is 4.14. The van der Waals surface area contributed by atoms with Crippen molar-refractivity contribution in [3.63, 3.8) is 0 Å². The number of hydrogen-bond acceptors (Lipinski definition) is 5. The fourth-order valence-corrected chi connectivity index (χ4v) is 4.59. The number of nitrogens with zero attached hydrogens (tertiary/aromatic N) is 5. The minimum atomic E-state index is -0.348. The van der Waals surface area contributed by atoms with E-state index in [9.17, 15) is 4.79 Å². The number of hydrogen-bond donors (Lipinski definition) is 1. The lowest BCUT2D eigenvalue weighted by Crippen LogP contribution is -2.13. The fraction of sp³-hybridized carbons (Fsp3) is 0.273. The number of aromatic nitrogens is 5. The van der Waals surface area contributed by atoms with Crippen molar-refractivity contribution < 1.29 is 4.79 Å². The predicted molar refractivity (Wildman–Crippen MR) is 123 cm³/mol. The van der Waals surface area contributed by atoms with Crippen LogP contribution in [0.2, 0.25) is 5.02 Å². The van der Waals surface area contributed by atoms with Gasteiger partial charge in [0, 0.05) is 31.5 Å². The molecule has 0 aliphatic heterocycles. The van der Waals surface area contributed by atoms with Gasteiger partial charge in [-0.2, -0.15) is 0 Å². The highest BCUT2D eigenvalue weighted by Gasteiger charge is 2.21. The molecule has 4 rings (SSSR count). The molecule has 2 aromatic carbocycles. The minimum absolute atomic E-state index is 0.0155. The number of carbonyl (C=O) groups is 1. The summed E-state index contributed by atoms with van der Waals surface area (Å²) in [5, 5.41) is 9.97. The van der Waals surface area contributed by atoms with Crippen molar-refractivity contribution in [1.29, 1.82) is 0 Å². The maximum absolute atomic E-state index is 11.1. The zero-order valence-corrected chi connectivity index (χ0v) is 18.9. The second-order valence-corrected chi connectivity index (χ2v) is 9.10. The topological polar surface area (TPSA) is 91.6 Å². The van der Waals surface area contributed by atoms with Crippen LogP contribution in [0.5, 0.6) is 0 Å². The molecule has 7 nitrogen and oxygen atoms in total. The van der Waals surface area contributed by atoms with E-state index in [1.54, 1.807) is 11.8 Å². The monoisotopic (exact) mass is 454 g/mol. The van der Waals surface area contributed by atoms with Crippen molar-refractivity contribution in [1.82, 2.24) is 24.3 Å². The first-order valence-electron chi connectivity index (χ1n) is 9.95. The molecule has 0 radical (unpaired) electrons. The number of aryl methyl sites for hydroxylation is 1. The zero-order chi connectivity index (χ0) is 22.0. The maximum Gasteiger partial charge on any atom is 0.217 e. The van der Waals surface area contributed by atoms with Gasteiger partial charge in [-0.1, -0.05) is 53.7 Å². The Bertz CT molecular complexity index is 1220. The molecule has 2 heterocycles. The molecule has 1 atom stereocenters. The third-order valence-electron chi connectivity index (χ3n) is 5.09. The smallest absolute Gasteiger partial charge is 0.217 e. The first-order chi connectivity index (χ1) is 14.9. The Kier molecular flexibility index (Phi) is 6.29. The van der Waals surface area contributed by atoms with Gasteiger partial charge in [0.05, 0.1) is 16.3 Å². The Morgan fingerprint density at radius 3 is 2.71 bits per heavy atom. The number of imidazole rings is 1. The first kappa shape index (κ1) is 21.4. The summed E-state index contributed by atoms with van der Waals surface area (Å²) < 4.78 is 4.13. The standard InChI is InChI=1S/C22H23ClN6OS/c1-14(31-22-27-26-20(28(22)2)11-10-19(24)30)21-25-17-12-16(23)8-9-18(17)29(21)13-15-6-4-3-5-7-15/h3-9,12,14H,10-11,13H2,1-2H3,(H2,24,30). The van der Waals surface area contributed by atoms with Gasteiger partial charge in [-0.25, -0.2) is 4.98 Å². The summed E-state index contributed by atoms with van der Waals surface area (Å²) in [4.78, 5) is 16.0. The number of amides is 1. The summed E-state index contributed by atoms with van der Waals surface area (Å²) in [6.07, 6.45) is 0.721. The van der Waals surface area contributed by atoms with Crippen LogP contribution >= 0.6 is 23.4 Å². The van der Waals surface area contributed by atoms with Gasteiger partial charge in [0.15, 0.2) is 5.16 Å². The molecule has 0 saturated carbocycles. The summed E-state index contributed by atoms with van der Waals surface area (Å²) in [6, 6.07) is 16.1. The Morgan fingerprint density at radius 1 is 1.19 bits per heavy atom. The van der Waals surface area contributed by atoms with Crippen LogP contribution in [0, 0.1) is 0 Å². The summed E-state index contributed by atoms with van der Waals surface area (Å²) in [6.45, 7) is 2.81. The highest BCUT2D eigenvalue weighted by molar-refractivity contribution is 7.99. The summed E-state index contributed by atoms with van der Waals surface area (Å²) in [7, 11) is 1.90. The normalized spacial score (nSPS) is 12.4. The molecule has 9 heteroatoms. The van der Waals surface area contributed by atoms with Crippen LogP contribution in [0.1, 0.15) is 35.8 Å². The molecular formula is C22H23ClN6OS. The maximum atomic E-state index is 11.1. The van der Waals surface area contributed by atoms with E-state index in [-0.39, 0.29) is 17.6 Å². The molecular weight excluding hydrogens is 432 g/mol. The van der Waals surface area contributed by atoms with E-state index >= 15 is 0 Å². The van der Waals surface area contributed by atoms with Crippen molar-refractivity contribution >= 4 is 40.3 Å². The summed E-state index contributed by atoms with van der Waals surface area (Å²) >= 11 is 7.80. The van der Waals surface area contributed by atoms with E-state index in [4.69, 9.17) is 22.3 Å². The molecule has 0 bridgehead atoms. The number of primary amides is 1. The summed E-state index contributed by atoms with van der Waals surface area (Å²) in [5.74, 6) is 1.32. The summed E-state index contributed by atoms with van der Waals surface area (Å²) in [5.41, 5.74) is 8.36. The molecule has 2 aromatic heterocycles. The van der Waals surface area contributed by atoms with Crippen LogP contribution in [0.3, 0.4) is 0 Å². The van der Waals surface area contributed by atoms with Crippen LogP contribution in [0.4, 0.5) is 0 Å². The fourth-order valence-electron chi connectivity index (χ4n) is 3.48. The van der Waals surface area contributed by atoms with Crippen molar-refractivity contribution in [2.45, 2.75) is 36.7 Å². The molecule has 31 heavy (non-hydrogen) atoms. The van der Waals surface area contributed by atoms with Crippen molar-refractivity contribution in [3.8, 4) is 0 Å². The molecule has 160 valence electrons. The minimum Gasteiger partial charge on any atom is -0.370 e. The van der Waals surface area contributed by atoms with Gasteiger partial charge in [0.25, 0.3) is 0 Å². The number of nitrogens with two attached hydrogens (primary N) is 1. The Hall–Kier alpha value is -2.84. The largest absolute Gasteiger partial charge is 0.370 e. The number of benzene rings is 2. The number of carbonyl (C=O) groups excluding carboxylic acids is 1. The van der Waals surface area contributed by atoms with Gasteiger partial charge in [-0.05, 0) is 30.7 Å². The Labute approximate surface area is 189 Å². The Balaban J connectivity index is 1.65. The third-order valence-corrected chi connectivity index (χ3v) is 6.45. The van der Waals surface area contributed by atoms with Gasteiger partial charge in [-0.3, -0.25) is 4.79 Å². The first-order valence-corrected chi connectivity index (χ1v) is 11.2. The van der Waals surface area contributed by atoms with Crippen LogP contribution in [-0.4, -0.2) is 30.2 Å². The van der Waals surface area contributed by atoms with Gasteiger partial charge >= 0.3 is 0 Å². The van der Waals surface area contributed by atoms with Gasteiger partial charge in [0.2, 0.25) is 5.91 Å². The molecule has 0 saturated heterocycles. The van der Waals surface area contributed by atoms with Gasteiger partial charge < -0.3 is 14.9 Å². The van der Waals surface area contributed by atoms with E-state index in [0.717, 1.165) is 27.8 Å². The number of fused-ring (bicyclic) bond motifs is 1. The van der Waals surface area contributed by atoms with Crippen LogP contribution in [-0.2, 0) is 24.8 Å². The molecule has 0 fully saturated rings. The van der Waals surface area contributed by atoms with Crippen molar-refractivity contribution in [2.24, 2.45) is 12.8 Å². The number of rotatable bonds is 8. The molecule has 4 aromatic rings. The lowest BCUT2D eigenvalue weighted by atomic mass is 10.2. The van der Waals surface area contributed by atoms with Crippen LogP contribution < -0.4 is 5.73 Å². The van der Waals surface area contributed by atoms with Crippen LogP contribution in [0.15, 0.2) is 53.7 Å². The molecule has 0 spiro atoms. The van der Waals surface area contributed by atoms with Crippen LogP contribution in [0.25, 0.3) is 11.0 Å². The van der Waals surface area contributed by atoms with E-state index in [2.05, 4.69) is 33.8 Å². The quantitative estimate of drug-likeness (QED) is 0.404. The molecule has 0 aliphatic rings. The van der Waals surface area contributed by atoms with Crippen molar-refractivity contribution in [2.75, 3.05) is 0 Å². The average molecular weight is 455 g/mol. The molecule has 2 N–H and O–H groups in total. The number of thioether (sulfide) groups is 1. The average Bonchev–Trinajstić information content (AvgIpc) is 3.27. The highest BCUT2D eigenvalue weighted by atomic mass is 35.5. The van der Waals surface area contributed by atoms with E-state index in [1.165, 1.54) is 5.56 Å². The third kappa shape index (κ3) is 4.75. The zero-order valence-electron chi connectivity index (χ0n) is 17.3. The second kappa shape index (κ2) is 9.11. The van der Waals surface area contributed by atoms with E-state index in [0.29, 0.717) is 18.0 Å². The number of halogens is 1. The van der Waals surface area contributed by atoms with Gasteiger partial charge in [0.1, 0.15) is 11.6 Å². The Morgan fingerprint density at radius 2 is 1.97 bits per heavy atom. The molecule has 1 amide bonds. The molecule has 1 unspecified atom stereocenters. The molecule has 0 aliphatic carbocycles. The highest BCUT2D eigenvalue weighted by Crippen LogP contribution is 2.35. The lowest BCUT2D eigenvalue weighted by molar-refractivity contribution is -0.118. The van der Waals surface area contributed by atoms with Gasteiger partial charge in [-0.15, -0.1) is 10.2 Å². The van der Waals surface area contributed by atoms with E-state index in [1.807, 2.05) is 48.0 Å². The van der Waals surface area contributed by atoms with Crippen molar-refractivity contribution in [3.05, 3.63) is 70.8 Å².